The number of benzene rings is 1. The molecule has 1 heterocycles. The molecule has 1 fully saturated rings. The second-order valence-electron chi connectivity index (χ2n) is 7.10. The van der Waals surface area contributed by atoms with Crippen LogP contribution in [0.15, 0.2) is 18.2 Å². The summed E-state index contributed by atoms with van der Waals surface area (Å²) in [6, 6.07) is 4.70. The van der Waals surface area contributed by atoms with Crippen molar-refractivity contribution in [3.63, 3.8) is 0 Å². The molecule has 6 heteroatoms. The predicted molar refractivity (Wildman–Crippen MR) is 91.0 cm³/mol. The number of ketones is 1. The molecule has 5 nitrogen and oxygen atoms in total. The van der Waals surface area contributed by atoms with E-state index in [1.165, 1.54) is 13.0 Å². The molecule has 1 saturated heterocycles. The molecule has 0 radical (unpaired) electrons. The number of rotatable bonds is 3. The van der Waals surface area contributed by atoms with E-state index in [4.69, 9.17) is 4.74 Å². The third-order valence-electron chi connectivity index (χ3n) is 3.90. The Morgan fingerprint density at radius 1 is 1.25 bits per heavy atom. The fourth-order valence-electron chi connectivity index (χ4n) is 2.86. The zero-order valence-electron chi connectivity index (χ0n) is 14.7. The first-order valence-corrected chi connectivity index (χ1v) is 8.21. The molecule has 0 bridgehead atoms. The molecular weight excluding hydrogens is 311 g/mol. The number of Topliss-reactive ketones (excluding diaryl/α,β-unsaturated/α-hetero) is 1. The van der Waals surface area contributed by atoms with E-state index in [2.05, 4.69) is 5.32 Å². The molecular formula is C18H25FN2O3. The van der Waals surface area contributed by atoms with Gasteiger partial charge in [-0.1, -0.05) is 6.07 Å². The van der Waals surface area contributed by atoms with Gasteiger partial charge in [-0.3, -0.25) is 4.79 Å². The Labute approximate surface area is 142 Å². The van der Waals surface area contributed by atoms with Gasteiger partial charge in [0, 0.05) is 19.1 Å². The SMILES string of the molecule is CC(=O)c1c(F)cccc1N1CCC(NC(=O)OC(C)(C)C)CC1. The summed E-state index contributed by atoms with van der Waals surface area (Å²) < 4.78 is 19.2. The van der Waals surface area contributed by atoms with Crippen molar-refractivity contribution in [1.29, 1.82) is 0 Å². The van der Waals surface area contributed by atoms with Gasteiger partial charge in [-0.05, 0) is 52.7 Å². The van der Waals surface area contributed by atoms with Crippen LogP contribution in [-0.2, 0) is 4.74 Å². The lowest BCUT2D eigenvalue weighted by molar-refractivity contribution is 0.0497. The van der Waals surface area contributed by atoms with Gasteiger partial charge < -0.3 is 15.0 Å². The zero-order chi connectivity index (χ0) is 17.9. The molecule has 0 saturated carbocycles. The lowest BCUT2D eigenvalue weighted by atomic mass is 10.0. The Balaban J connectivity index is 1.98. The van der Waals surface area contributed by atoms with Crippen molar-refractivity contribution < 1.29 is 18.7 Å². The number of carbonyl (C=O) groups is 2. The van der Waals surface area contributed by atoms with Gasteiger partial charge in [-0.15, -0.1) is 0 Å². The monoisotopic (exact) mass is 336 g/mol. The van der Waals surface area contributed by atoms with E-state index in [0.29, 0.717) is 31.6 Å². The van der Waals surface area contributed by atoms with E-state index >= 15 is 0 Å². The maximum atomic E-state index is 13.9. The van der Waals surface area contributed by atoms with Crippen LogP contribution in [0.1, 0.15) is 50.9 Å². The number of nitrogens with one attached hydrogen (secondary N) is 1. The second kappa shape index (κ2) is 7.20. The minimum Gasteiger partial charge on any atom is -0.444 e. The fraction of sp³-hybridized carbons (Fsp3) is 0.556. The summed E-state index contributed by atoms with van der Waals surface area (Å²) in [5.74, 6) is -0.772. The molecule has 24 heavy (non-hydrogen) atoms. The summed E-state index contributed by atoms with van der Waals surface area (Å²) in [7, 11) is 0. The second-order valence-corrected chi connectivity index (χ2v) is 7.10. The van der Waals surface area contributed by atoms with Gasteiger partial charge in [0.15, 0.2) is 5.78 Å². The molecule has 2 rings (SSSR count). The van der Waals surface area contributed by atoms with E-state index in [9.17, 15) is 14.0 Å². The summed E-state index contributed by atoms with van der Waals surface area (Å²) in [4.78, 5) is 25.6. The van der Waals surface area contributed by atoms with Crippen molar-refractivity contribution in [3.8, 4) is 0 Å². The molecule has 0 aromatic heterocycles. The van der Waals surface area contributed by atoms with Crippen LogP contribution >= 0.6 is 0 Å². The number of nitrogens with zero attached hydrogens (tertiary/aromatic N) is 1. The van der Waals surface area contributed by atoms with Crippen LogP contribution in [0.5, 0.6) is 0 Å². The van der Waals surface area contributed by atoms with Gasteiger partial charge in [0.1, 0.15) is 11.4 Å². The molecule has 0 aliphatic carbocycles. The van der Waals surface area contributed by atoms with E-state index in [-0.39, 0.29) is 17.4 Å². The van der Waals surface area contributed by atoms with Crippen molar-refractivity contribution >= 4 is 17.6 Å². The van der Waals surface area contributed by atoms with Crippen LogP contribution in [0.2, 0.25) is 0 Å². The Hall–Kier alpha value is -2.11. The third-order valence-corrected chi connectivity index (χ3v) is 3.90. The van der Waals surface area contributed by atoms with Gasteiger partial charge >= 0.3 is 6.09 Å². The molecule has 0 spiro atoms. The molecule has 1 aliphatic heterocycles. The van der Waals surface area contributed by atoms with Gasteiger partial charge in [0.25, 0.3) is 0 Å². The highest BCUT2D eigenvalue weighted by Gasteiger charge is 2.26. The average molecular weight is 336 g/mol. The van der Waals surface area contributed by atoms with Crippen molar-refractivity contribution in [1.82, 2.24) is 5.32 Å². The lowest BCUT2D eigenvalue weighted by Crippen LogP contribution is -2.46. The number of carbonyl (C=O) groups excluding carboxylic acids is 2. The van der Waals surface area contributed by atoms with Crippen LogP contribution in [0.25, 0.3) is 0 Å². The van der Waals surface area contributed by atoms with Crippen molar-refractivity contribution in [2.75, 3.05) is 18.0 Å². The van der Waals surface area contributed by atoms with Gasteiger partial charge in [-0.25, -0.2) is 9.18 Å². The maximum Gasteiger partial charge on any atom is 0.407 e. The smallest absolute Gasteiger partial charge is 0.407 e. The average Bonchev–Trinajstić information content (AvgIpc) is 2.45. The van der Waals surface area contributed by atoms with Crippen LogP contribution in [0, 0.1) is 5.82 Å². The zero-order valence-corrected chi connectivity index (χ0v) is 14.7. The Morgan fingerprint density at radius 3 is 2.42 bits per heavy atom. The summed E-state index contributed by atoms with van der Waals surface area (Å²) in [5, 5.41) is 2.87. The molecule has 1 aromatic rings. The van der Waals surface area contributed by atoms with Crippen molar-refractivity contribution in [2.45, 2.75) is 52.2 Å². The van der Waals surface area contributed by atoms with Crippen LogP contribution in [0.3, 0.4) is 0 Å². The van der Waals surface area contributed by atoms with E-state index in [0.717, 1.165) is 0 Å². The third kappa shape index (κ3) is 4.69. The van der Waals surface area contributed by atoms with Gasteiger partial charge in [0.05, 0.1) is 11.3 Å². The van der Waals surface area contributed by atoms with Gasteiger partial charge in [-0.2, -0.15) is 0 Å². The number of piperidine rings is 1. The molecule has 1 amide bonds. The van der Waals surface area contributed by atoms with Crippen LogP contribution < -0.4 is 10.2 Å². The van der Waals surface area contributed by atoms with Crippen LogP contribution in [-0.4, -0.2) is 36.6 Å². The highest BCUT2D eigenvalue weighted by atomic mass is 19.1. The number of hydrogen-bond acceptors (Lipinski definition) is 4. The standard InChI is InChI=1S/C18H25FN2O3/c1-12(22)16-14(19)6-5-7-15(16)21-10-8-13(9-11-21)20-17(23)24-18(2,3)4/h5-7,13H,8-11H2,1-4H3,(H,20,23). The summed E-state index contributed by atoms with van der Waals surface area (Å²) in [5.41, 5.74) is 0.234. The van der Waals surface area contributed by atoms with Crippen LogP contribution in [0.4, 0.5) is 14.9 Å². The minimum atomic E-state index is -0.525. The summed E-state index contributed by atoms with van der Waals surface area (Å²) >= 11 is 0. The highest BCUT2D eigenvalue weighted by Crippen LogP contribution is 2.27. The first kappa shape index (κ1) is 18.2. The molecule has 0 unspecified atom stereocenters. The van der Waals surface area contributed by atoms with Gasteiger partial charge in [0.2, 0.25) is 0 Å². The fourth-order valence-corrected chi connectivity index (χ4v) is 2.86. The van der Waals surface area contributed by atoms with E-state index < -0.39 is 17.5 Å². The summed E-state index contributed by atoms with van der Waals surface area (Å²) in [6.45, 7) is 8.13. The summed E-state index contributed by atoms with van der Waals surface area (Å²) in [6.07, 6.45) is 1.01. The lowest BCUT2D eigenvalue weighted by Gasteiger charge is -2.35. The first-order chi connectivity index (χ1) is 11.2. The highest BCUT2D eigenvalue weighted by molar-refractivity contribution is 6.00. The Kier molecular flexibility index (Phi) is 5.47. The number of halogens is 1. The molecule has 1 aromatic carbocycles. The largest absolute Gasteiger partial charge is 0.444 e. The quantitative estimate of drug-likeness (QED) is 0.858. The molecule has 132 valence electrons. The topological polar surface area (TPSA) is 58.6 Å². The molecule has 1 aliphatic rings. The molecule has 0 atom stereocenters. The van der Waals surface area contributed by atoms with E-state index in [1.54, 1.807) is 12.1 Å². The van der Waals surface area contributed by atoms with Crippen molar-refractivity contribution in [2.24, 2.45) is 0 Å². The minimum absolute atomic E-state index is 0.0189. The van der Waals surface area contributed by atoms with E-state index in [1.807, 2.05) is 25.7 Å². The normalized spacial score (nSPS) is 16.0. The number of anilines is 1. The Morgan fingerprint density at radius 2 is 1.88 bits per heavy atom. The maximum absolute atomic E-state index is 13.9. The predicted octanol–water partition coefficient (Wildman–Crippen LogP) is 3.52. The van der Waals surface area contributed by atoms with Crippen molar-refractivity contribution in [3.05, 3.63) is 29.6 Å². The number of hydrogen-bond donors (Lipinski definition) is 1. The number of amides is 1. The number of ether oxygens (including phenoxy) is 1. The number of alkyl carbamates (subject to hydrolysis) is 1. The first-order valence-electron chi connectivity index (χ1n) is 8.21. The molecule has 1 N–H and O–H groups in total. The Bertz CT molecular complexity index is 617.